The summed E-state index contributed by atoms with van der Waals surface area (Å²) in [6.07, 6.45) is 3.23. The van der Waals surface area contributed by atoms with Crippen molar-refractivity contribution in [3.63, 3.8) is 0 Å². The van der Waals surface area contributed by atoms with Gasteiger partial charge in [-0.2, -0.15) is 0 Å². The lowest BCUT2D eigenvalue weighted by atomic mass is 9.77. The van der Waals surface area contributed by atoms with Gasteiger partial charge in [-0.15, -0.1) is 0 Å². The largest absolute Gasteiger partial charge is 0.455 e. The lowest BCUT2D eigenvalue weighted by Crippen LogP contribution is -2.44. The van der Waals surface area contributed by atoms with Crippen molar-refractivity contribution < 1.29 is 23.9 Å². The summed E-state index contributed by atoms with van der Waals surface area (Å²) >= 11 is 0. The average molecular weight is 412 g/mol. The first-order valence-electron chi connectivity index (χ1n) is 10.2. The first kappa shape index (κ1) is 20.6. The van der Waals surface area contributed by atoms with Crippen LogP contribution in [0.15, 0.2) is 30.4 Å². The molecule has 3 heterocycles. The summed E-state index contributed by atoms with van der Waals surface area (Å²) in [4.78, 5) is 40.0. The van der Waals surface area contributed by atoms with Gasteiger partial charge in [-0.1, -0.05) is 29.8 Å². The van der Waals surface area contributed by atoms with Gasteiger partial charge in [0.05, 0.1) is 18.6 Å². The fourth-order valence-electron chi connectivity index (χ4n) is 4.77. The highest BCUT2D eigenvalue weighted by Gasteiger charge is 2.67. The van der Waals surface area contributed by atoms with Gasteiger partial charge in [0, 0.05) is 11.2 Å². The molecule has 2 bridgehead atoms. The predicted molar refractivity (Wildman–Crippen MR) is 111 cm³/mol. The molecule has 1 aromatic rings. The van der Waals surface area contributed by atoms with Gasteiger partial charge in [-0.05, 0) is 46.2 Å². The van der Waals surface area contributed by atoms with E-state index >= 15 is 0 Å². The molecule has 1 aromatic carbocycles. The summed E-state index contributed by atoms with van der Waals surface area (Å²) in [5.74, 6) is -2.49. The third-order valence-corrected chi connectivity index (χ3v) is 5.88. The van der Waals surface area contributed by atoms with Gasteiger partial charge in [-0.3, -0.25) is 14.4 Å². The number of fused-ring (bicyclic) bond motifs is 1. The molecule has 4 atom stereocenters. The molecule has 3 aliphatic heterocycles. The molecule has 2 saturated heterocycles. The van der Waals surface area contributed by atoms with Gasteiger partial charge < -0.3 is 19.7 Å². The second kappa shape index (κ2) is 6.94. The standard InChI is InChI=1S/C23H28N2O5/c1-13-6-7-15(14(2)10-13)25-12-23-9-8-16(30-23)18(19(23)20(25)27)21(28)29-11-17(26)24-22(3,4)5/h6-10,16,18-19H,11-12H2,1-5H3,(H,24,26)/t16-,18-,19+,23+/m0/s1. The Balaban J connectivity index is 1.52. The molecule has 2 fully saturated rings. The fraction of sp³-hybridized carbons (Fsp3) is 0.522. The van der Waals surface area contributed by atoms with Gasteiger partial charge in [0.25, 0.3) is 5.91 Å². The van der Waals surface area contributed by atoms with Crippen LogP contribution >= 0.6 is 0 Å². The Morgan fingerprint density at radius 1 is 1.30 bits per heavy atom. The second-order valence-electron chi connectivity index (χ2n) is 9.52. The molecule has 0 saturated carbocycles. The van der Waals surface area contributed by atoms with Crippen LogP contribution in [0.4, 0.5) is 5.69 Å². The fourth-order valence-corrected chi connectivity index (χ4v) is 4.77. The lowest BCUT2D eigenvalue weighted by molar-refractivity contribution is -0.156. The number of benzene rings is 1. The predicted octanol–water partition coefficient (Wildman–Crippen LogP) is 2.05. The van der Waals surface area contributed by atoms with Crippen molar-refractivity contribution in [3.05, 3.63) is 41.5 Å². The Kier molecular flexibility index (Phi) is 4.77. The summed E-state index contributed by atoms with van der Waals surface area (Å²) < 4.78 is 11.4. The zero-order valence-corrected chi connectivity index (χ0v) is 18.0. The van der Waals surface area contributed by atoms with E-state index in [0.29, 0.717) is 6.54 Å². The summed E-state index contributed by atoms with van der Waals surface area (Å²) in [6.45, 7) is 9.51. The molecule has 7 nitrogen and oxygen atoms in total. The number of carbonyl (C=O) groups excluding carboxylic acids is 3. The number of nitrogens with one attached hydrogen (secondary N) is 1. The maximum absolute atomic E-state index is 13.4. The first-order valence-corrected chi connectivity index (χ1v) is 10.2. The van der Waals surface area contributed by atoms with Gasteiger partial charge in [-0.25, -0.2) is 0 Å². The van der Waals surface area contributed by atoms with Crippen LogP contribution < -0.4 is 10.2 Å². The molecular weight excluding hydrogens is 384 g/mol. The van der Waals surface area contributed by atoms with Gasteiger partial charge in [0.15, 0.2) is 6.61 Å². The van der Waals surface area contributed by atoms with Crippen LogP contribution in [-0.4, -0.2) is 48.2 Å². The van der Waals surface area contributed by atoms with E-state index in [2.05, 4.69) is 5.32 Å². The Morgan fingerprint density at radius 3 is 2.70 bits per heavy atom. The van der Waals surface area contributed by atoms with Crippen LogP contribution in [0.5, 0.6) is 0 Å². The van der Waals surface area contributed by atoms with Crippen molar-refractivity contribution in [2.24, 2.45) is 11.8 Å². The number of amides is 2. The van der Waals surface area contributed by atoms with E-state index in [1.807, 2.05) is 65.0 Å². The molecule has 1 spiro atoms. The van der Waals surface area contributed by atoms with Crippen molar-refractivity contribution in [2.75, 3.05) is 18.1 Å². The Hall–Kier alpha value is -2.67. The van der Waals surface area contributed by atoms with Gasteiger partial charge in [0.1, 0.15) is 11.5 Å². The third kappa shape index (κ3) is 3.41. The molecule has 4 rings (SSSR count). The first-order chi connectivity index (χ1) is 14.0. The maximum atomic E-state index is 13.4. The topological polar surface area (TPSA) is 84.9 Å². The van der Waals surface area contributed by atoms with Crippen LogP contribution in [0, 0.1) is 25.7 Å². The van der Waals surface area contributed by atoms with Crippen molar-refractivity contribution >= 4 is 23.5 Å². The number of nitrogens with zero attached hydrogens (tertiary/aromatic N) is 1. The summed E-state index contributed by atoms with van der Waals surface area (Å²) in [7, 11) is 0. The number of carbonyl (C=O) groups is 3. The molecule has 2 amide bonds. The molecule has 1 N–H and O–H groups in total. The molecule has 160 valence electrons. The average Bonchev–Trinajstić information content (AvgIpc) is 3.27. The number of anilines is 1. The number of hydrogen-bond acceptors (Lipinski definition) is 5. The molecule has 0 radical (unpaired) electrons. The summed E-state index contributed by atoms with van der Waals surface area (Å²) in [5.41, 5.74) is 1.70. The minimum Gasteiger partial charge on any atom is -0.455 e. The zero-order valence-electron chi connectivity index (χ0n) is 18.0. The lowest BCUT2D eigenvalue weighted by Gasteiger charge is -2.24. The normalized spacial score (nSPS) is 29.3. The number of aryl methyl sites for hydroxylation is 2. The van der Waals surface area contributed by atoms with E-state index in [4.69, 9.17) is 9.47 Å². The van der Waals surface area contributed by atoms with Crippen molar-refractivity contribution in [3.8, 4) is 0 Å². The number of esters is 1. The highest BCUT2D eigenvalue weighted by atomic mass is 16.6. The van der Waals surface area contributed by atoms with Crippen LogP contribution in [0.25, 0.3) is 0 Å². The highest BCUT2D eigenvalue weighted by Crippen LogP contribution is 2.53. The quantitative estimate of drug-likeness (QED) is 0.604. The third-order valence-electron chi connectivity index (χ3n) is 5.88. The van der Waals surface area contributed by atoms with Crippen LogP contribution in [0.2, 0.25) is 0 Å². The smallest absolute Gasteiger partial charge is 0.313 e. The highest BCUT2D eigenvalue weighted by molar-refractivity contribution is 6.03. The Labute approximate surface area is 176 Å². The second-order valence-corrected chi connectivity index (χ2v) is 9.52. The van der Waals surface area contributed by atoms with E-state index in [-0.39, 0.29) is 18.4 Å². The van der Waals surface area contributed by atoms with Crippen molar-refractivity contribution in [1.82, 2.24) is 5.32 Å². The zero-order chi connectivity index (χ0) is 21.8. The maximum Gasteiger partial charge on any atom is 0.313 e. The molecule has 0 aromatic heterocycles. The molecule has 30 heavy (non-hydrogen) atoms. The molecule has 0 unspecified atom stereocenters. The number of rotatable bonds is 4. The summed E-state index contributed by atoms with van der Waals surface area (Å²) in [5, 5.41) is 2.76. The number of ether oxygens (including phenoxy) is 2. The monoisotopic (exact) mass is 412 g/mol. The van der Waals surface area contributed by atoms with Crippen LogP contribution in [0.3, 0.4) is 0 Å². The van der Waals surface area contributed by atoms with E-state index in [1.54, 1.807) is 4.90 Å². The SMILES string of the molecule is Cc1ccc(N2C[C@@]34C=C[C@H](O3)[C@H](C(=O)OCC(=O)NC(C)(C)C)[C@@H]4C2=O)c(C)c1. The van der Waals surface area contributed by atoms with Gasteiger partial charge >= 0.3 is 5.97 Å². The molecule has 7 heteroatoms. The van der Waals surface area contributed by atoms with Crippen LogP contribution in [0.1, 0.15) is 31.9 Å². The minimum atomic E-state index is -0.823. The van der Waals surface area contributed by atoms with Crippen molar-refractivity contribution in [2.45, 2.75) is 51.9 Å². The number of hydrogen-bond donors (Lipinski definition) is 1. The Bertz CT molecular complexity index is 947. The van der Waals surface area contributed by atoms with Crippen LogP contribution in [-0.2, 0) is 23.9 Å². The van der Waals surface area contributed by atoms with E-state index in [1.165, 1.54) is 0 Å². The Morgan fingerprint density at radius 2 is 2.03 bits per heavy atom. The minimum absolute atomic E-state index is 0.144. The van der Waals surface area contributed by atoms with E-state index in [0.717, 1.165) is 16.8 Å². The van der Waals surface area contributed by atoms with E-state index < -0.39 is 35.0 Å². The molecule has 3 aliphatic rings. The van der Waals surface area contributed by atoms with Gasteiger partial charge in [0.2, 0.25) is 5.91 Å². The molecular formula is C23H28N2O5. The molecule has 0 aliphatic carbocycles. The van der Waals surface area contributed by atoms with Crippen molar-refractivity contribution in [1.29, 1.82) is 0 Å². The van der Waals surface area contributed by atoms with E-state index in [9.17, 15) is 14.4 Å². The summed E-state index contributed by atoms with van der Waals surface area (Å²) in [6, 6.07) is 5.93.